The number of aromatic nitrogens is 1. The summed E-state index contributed by atoms with van der Waals surface area (Å²) in [6.45, 7) is 0.709. The van der Waals surface area contributed by atoms with Gasteiger partial charge in [-0.05, 0) is 12.1 Å². The molecule has 1 aromatic heterocycles. The molecular weight excluding hydrogens is 240 g/mol. The van der Waals surface area contributed by atoms with E-state index in [0.717, 1.165) is 17.9 Å². The van der Waals surface area contributed by atoms with Crippen LogP contribution in [0.3, 0.4) is 0 Å². The van der Waals surface area contributed by atoms with Crippen LogP contribution in [0.5, 0.6) is 5.75 Å². The largest absolute Gasteiger partial charge is 0.493 e. The molecule has 0 radical (unpaired) electrons. The van der Waals surface area contributed by atoms with Gasteiger partial charge in [-0.2, -0.15) is 0 Å². The molecular formula is C15H16N2O2. The van der Waals surface area contributed by atoms with Gasteiger partial charge in [0, 0.05) is 31.3 Å². The molecule has 0 fully saturated rings. The highest BCUT2D eigenvalue weighted by atomic mass is 16.5. The molecule has 1 aliphatic rings. The summed E-state index contributed by atoms with van der Waals surface area (Å²) in [6.07, 6.45) is 2.74. The fourth-order valence-corrected chi connectivity index (χ4v) is 2.37. The molecule has 0 bridgehead atoms. The van der Waals surface area contributed by atoms with Crippen molar-refractivity contribution in [3.05, 3.63) is 58.5 Å². The molecule has 4 nitrogen and oxygen atoms in total. The molecule has 3 rings (SSSR count). The summed E-state index contributed by atoms with van der Waals surface area (Å²) in [5, 5.41) is 3.47. The van der Waals surface area contributed by atoms with E-state index >= 15 is 0 Å². The quantitative estimate of drug-likeness (QED) is 0.896. The average molecular weight is 256 g/mol. The lowest BCUT2D eigenvalue weighted by molar-refractivity contribution is 0.274. The molecule has 4 heteroatoms. The lowest BCUT2D eigenvalue weighted by Gasteiger charge is -2.27. The SMILES string of the molecule is Cn1cc(NC2CCOc3ccccc32)ccc1=O. The molecule has 1 unspecified atom stereocenters. The Bertz CT molecular complexity index is 649. The molecule has 0 saturated heterocycles. The third-order valence-electron chi connectivity index (χ3n) is 3.39. The van der Waals surface area contributed by atoms with Gasteiger partial charge in [0.1, 0.15) is 5.75 Å². The van der Waals surface area contributed by atoms with Crippen molar-refractivity contribution < 1.29 is 4.74 Å². The average Bonchev–Trinajstić information content (AvgIpc) is 2.43. The maximum Gasteiger partial charge on any atom is 0.250 e. The zero-order valence-corrected chi connectivity index (χ0v) is 10.8. The Labute approximate surface area is 111 Å². The molecule has 1 atom stereocenters. The molecule has 0 spiro atoms. The van der Waals surface area contributed by atoms with E-state index in [9.17, 15) is 4.79 Å². The monoisotopic (exact) mass is 256 g/mol. The van der Waals surface area contributed by atoms with E-state index in [0.29, 0.717) is 6.61 Å². The maximum atomic E-state index is 11.4. The number of pyridine rings is 1. The Hall–Kier alpha value is -2.23. The van der Waals surface area contributed by atoms with Crippen molar-refractivity contribution in [2.75, 3.05) is 11.9 Å². The summed E-state index contributed by atoms with van der Waals surface area (Å²) in [5.41, 5.74) is 2.12. The van der Waals surface area contributed by atoms with Crippen LogP contribution in [0.2, 0.25) is 0 Å². The molecule has 2 aromatic rings. The number of ether oxygens (including phenoxy) is 1. The van der Waals surface area contributed by atoms with Crippen LogP contribution in [0.4, 0.5) is 5.69 Å². The number of hydrogen-bond donors (Lipinski definition) is 1. The van der Waals surface area contributed by atoms with Gasteiger partial charge in [-0.25, -0.2) is 0 Å². The van der Waals surface area contributed by atoms with E-state index in [1.807, 2.05) is 30.5 Å². The number of rotatable bonds is 2. The van der Waals surface area contributed by atoms with Crippen molar-refractivity contribution in [1.82, 2.24) is 4.57 Å². The Kier molecular flexibility index (Phi) is 2.99. The van der Waals surface area contributed by atoms with Crippen LogP contribution in [0.1, 0.15) is 18.0 Å². The standard InChI is InChI=1S/C15H16N2O2/c1-17-10-11(6-7-15(17)18)16-13-8-9-19-14-5-3-2-4-12(13)14/h2-7,10,13,16H,8-9H2,1H3. The Morgan fingerprint density at radius 1 is 1.26 bits per heavy atom. The Morgan fingerprint density at radius 3 is 2.95 bits per heavy atom. The minimum Gasteiger partial charge on any atom is -0.493 e. The van der Waals surface area contributed by atoms with E-state index in [4.69, 9.17) is 4.74 Å². The van der Waals surface area contributed by atoms with E-state index < -0.39 is 0 Å². The number of benzene rings is 1. The van der Waals surface area contributed by atoms with Gasteiger partial charge in [0.25, 0.3) is 0 Å². The molecule has 19 heavy (non-hydrogen) atoms. The Balaban J connectivity index is 1.88. The number of anilines is 1. The van der Waals surface area contributed by atoms with E-state index in [1.54, 1.807) is 17.7 Å². The van der Waals surface area contributed by atoms with E-state index in [2.05, 4.69) is 11.4 Å². The maximum absolute atomic E-state index is 11.4. The third-order valence-corrected chi connectivity index (χ3v) is 3.39. The lowest BCUT2D eigenvalue weighted by atomic mass is 10.0. The highest BCUT2D eigenvalue weighted by molar-refractivity contribution is 5.47. The smallest absolute Gasteiger partial charge is 0.250 e. The zero-order valence-electron chi connectivity index (χ0n) is 10.8. The van der Waals surface area contributed by atoms with Crippen molar-refractivity contribution in [2.24, 2.45) is 7.05 Å². The predicted octanol–water partition coefficient (Wildman–Crippen LogP) is 2.32. The van der Waals surface area contributed by atoms with Gasteiger partial charge < -0.3 is 14.6 Å². The van der Waals surface area contributed by atoms with Gasteiger partial charge in [0.2, 0.25) is 5.56 Å². The van der Waals surface area contributed by atoms with Gasteiger partial charge in [-0.3, -0.25) is 4.79 Å². The van der Waals surface area contributed by atoms with Gasteiger partial charge in [0.05, 0.1) is 18.3 Å². The minimum absolute atomic E-state index is 0.00192. The van der Waals surface area contributed by atoms with Crippen molar-refractivity contribution in [3.8, 4) is 5.75 Å². The second kappa shape index (κ2) is 4.80. The van der Waals surface area contributed by atoms with Gasteiger partial charge in [-0.15, -0.1) is 0 Å². The number of nitrogens with one attached hydrogen (secondary N) is 1. The number of hydrogen-bond acceptors (Lipinski definition) is 3. The first kappa shape index (κ1) is 11.8. The predicted molar refractivity (Wildman–Crippen MR) is 74.6 cm³/mol. The topological polar surface area (TPSA) is 43.3 Å². The zero-order chi connectivity index (χ0) is 13.2. The number of aryl methyl sites for hydroxylation is 1. The molecule has 0 saturated carbocycles. The van der Waals surface area contributed by atoms with E-state index in [-0.39, 0.29) is 11.6 Å². The fourth-order valence-electron chi connectivity index (χ4n) is 2.37. The van der Waals surface area contributed by atoms with Gasteiger partial charge in [0.15, 0.2) is 0 Å². The van der Waals surface area contributed by atoms with Crippen LogP contribution in [0.15, 0.2) is 47.4 Å². The molecule has 0 aliphatic carbocycles. The fraction of sp³-hybridized carbons (Fsp3) is 0.267. The van der Waals surface area contributed by atoms with Crippen LogP contribution in [-0.4, -0.2) is 11.2 Å². The first-order valence-electron chi connectivity index (χ1n) is 6.39. The van der Waals surface area contributed by atoms with Crippen LogP contribution in [0, 0.1) is 0 Å². The number of fused-ring (bicyclic) bond motifs is 1. The second-order valence-electron chi connectivity index (χ2n) is 4.74. The van der Waals surface area contributed by atoms with Crippen molar-refractivity contribution in [1.29, 1.82) is 0 Å². The van der Waals surface area contributed by atoms with Crippen molar-refractivity contribution in [3.63, 3.8) is 0 Å². The molecule has 1 aliphatic heterocycles. The molecule has 1 aromatic carbocycles. The molecule has 2 heterocycles. The summed E-state index contributed by atoms with van der Waals surface area (Å²) >= 11 is 0. The number of nitrogens with zero attached hydrogens (tertiary/aromatic N) is 1. The summed E-state index contributed by atoms with van der Waals surface area (Å²) in [6, 6.07) is 11.7. The van der Waals surface area contributed by atoms with Crippen LogP contribution in [-0.2, 0) is 7.05 Å². The van der Waals surface area contributed by atoms with Gasteiger partial charge in [-0.1, -0.05) is 18.2 Å². The molecule has 0 amide bonds. The summed E-state index contributed by atoms with van der Waals surface area (Å²) in [5.74, 6) is 0.941. The summed E-state index contributed by atoms with van der Waals surface area (Å²) < 4.78 is 7.22. The first-order chi connectivity index (χ1) is 9.24. The summed E-state index contributed by atoms with van der Waals surface area (Å²) in [4.78, 5) is 11.4. The normalized spacial score (nSPS) is 17.4. The highest BCUT2D eigenvalue weighted by Crippen LogP contribution is 2.33. The highest BCUT2D eigenvalue weighted by Gasteiger charge is 2.20. The van der Waals surface area contributed by atoms with Gasteiger partial charge >= 0.3 is 0 Å². The second-order valence-corrected chi connectivity index (χ2v) is 4.74. The number of para-hydroxylation sites is 1. The third kappa shape index (κ3) is 2.34. The van der Waals surface area contributed by atoms with Crippen LogP contribution < -0.4 is 15.6 Å². The minimum atomic E-state index is -0.00192. The molecule has 1 N–H and O–H groups in total. The lowest BCUT2D eigenvalue weighted by Crippen LogP contribution is -2.21. The van der Waals surface area contributed by atoms with Crippen molar-refractivity contribution in [2.45, 2.75) is 12.5 Å². The van der Waals surface area contributed by atoms with Crippen LogP contribution in [0.25, 0.3) is 0 Å². The van der Waals surface area contributed by atoms with Crippen LogP contribution >= 0.6 is 0 Å². The van der Waals surface area contributed by atoms with E-state index in [1.165, 1.54) is 5.56 Å². The first-order valence-corrected chi connectivity index (χ1v) is 6.39. The van der Waals surface area contributed by atoms with Crippen molar-refractivity contribution >= 4 is 5.69 Å². The molecule has 98 valence electrons. The summed E-state index contributed by atoms with van der Waals surface area (Å²) in [7, 11) is 1.76. The Morgan fingerprint density at radius 2 is 2.11 bits per heavy atom.